The van der Waals surface area contributed by atoms with Crippen molar-refractivity contribution in [2.24, 2.45) is 5.92 Å². The van der Waals surface area contributed by atoms with Gasteiger partial charge in [-0.25, -0.2) is 8.42 Å². The minimum Gasteiger partial charge on any atom is -0.388 e. The molecule has 2 fully saturated rings. The van der Waals surface area contributed by atoms with Gasteiger partial charge < -0.3 is 5.32 Å². The summed E-state index contributed by atoms with van der Waals surface area (Å²) in [6, 6.07) is 7.31. The van der Waals surface area contributed by atoms with E-state index in [1.165, 1.54) is 19.3 Å². The lowest BCUT2D eigenvalue weighted by atomic mass is 9.79. The normalized spacial score (nSPS) is 27.1. The van der Waals surface area contributed by atoms with Crippen molar-refractivity contribution in [1.82, 2.24) is 4.31 Å². The number of piperidine rings is 1. The van der Waals surface area contributed by atoms with Crippen molar-refractivity contribution in [3.63, 3.8) is 0 Å². The molecular formula is C16H24N2O2S. The third-order valence-corrected chi connectivity index (χ3v) is 6.88. The summed E-state index contributed by atoms with van der Waals surface area (Å²) in [5, 5.41) is 3.02. The van der Waals surface area contributed by atoms with Crippen molar-refractivity contribution in [3.05, 3.63) is 24.3 Å². The monoisotopic (exact) mass is 308 g/mol. The highest BCUT2D eigenvalue weighted by molar-refractivity contribution is 7.89. The summed E-state index contributed by atoms with van der Waals surface area (Å²) in [6.45, 7) is 0.678. The zero-order chi connectivity index (χ0) is 14.9. The van der Waals surface area contributed by atoms with Gasteiger partial charge in [-0.05, 0) is 55.9 Å². The molecule has 1 heterocycles. The van der Waals surface area contributed by atoms with Gasteiger partial charge in [0, 0.05) is 25.3 Å². The van der Waals surface area contributed by atoms with Crippen LogP contribution < -0.4 is 5.32 Å². The van der Waals surface area contributed by atoms with E-state index in [0.717, 1.165) is 24.9 Å². The molecule has 0 unspecified atom stereocenters. The number of rotatable bonds is 3. The lowest BCUT2D eigenvalue weighted by Crippen LogP contribution is -2.49. The minimum absolute atomic E-state index is 0.224. The molecule has 116 valence electrons. The molecule has 1 saturated heterocycles. The number of benzene rings is 1. The summed E-state index contributed by atoms with van der Waals surface area (Å²) < 4.78 is 27.7. The summed E-state index contributed by atoms with van der Waals surface area (Å²) in [5.41, 5.74) is 0.933. The Kier molecular flexibility index (Phi) is 4.22. The Balaban J connectivity index is 1.88. The van der Waals surface area contributed by atoms with Gasteiger partial charge in [-0.15, -0.1) is 0 Å². The van der Waals surface area contributed by atoms with E-state index >= 15 is 0 Å². The van der Waals surface area contributed by atoms with E-state index in [2.05, 4.69) is 5.32 Å². The van der Waals surface area contributed by atoms with Gasteiger partial charge in [0.2, 0.25) is 10.0 Å². The van der Waals surface area contributed by atoms with Crippen LogP contribution in [0, 0.1) is 5.92 Å². The first-order valence-corrected chi connectivity index (χ1v) is 9.36. The van der Waals surface area contributed by atoms with E-state index < -0.39 is 10.0 Å². The number of nitrogens with one attached hydrogen (secondary N) is 1. The molecular weight excluding hydrogens is 284 g/mol. The fourth-order valence-corrected chi connectivity index (χ4v) is 5.56. The van der Waals surface area contributed by atoms with E-state index in [1.807, 2.05) is 19.2 Å². The van der Waals surface area contributed by atoms with Gasteiger partial charge in [0.15, 0.2) is 0 Å². The van der Waals surface area contributed by atoms with Crippen molar-refractivity contribution in [3.8, 4) is 0 Å². The second kappa shape index (κ2) is 5.97. The number of nitrogens with zero attached hydrogens (tertiary/aromatic N) is 1. The fraction of sp³-hybridized carbons (Fsp3) is 0.625. The molecule has 1 aromatic rings. The Bertz CT molecular complexity index is 581. The topological polar surface area (TPSA) is 49.4 Å². The van der Waals surface area contributed by atoms with Gasteiger partial charge in [0.1, 0.15) is 0 Å². The predicted octanol–water partition coefficient (Wildman–Crippen LogP) is 3.07. The predicted molar refractivity (Wildman–Crippen MR) is 84.9 cm³/mol. The van der Waals surface area contributed by atoms with Crippen LogP contribution in [-0.4, -0.2) is 32.4 Å². The van der Waals surface area contributed by atoms with Crippen LogP contribution in [0.2, 0.25) is 0 Å². The highest BCUT2D eigenvalue weighted by Crippen LogP contribution is 2.38. The Hall–Kier alpha value is -1.07. The van der Waals surface area contributed by atoms with Gasteiger partial charge in [0.05, 0.1) is 4.90 Å². The Labute approximate surface area is 127 Å². The average molecular weight is 308 g/mol. The van der Waals surface area contributed by atoms with Crippen LogP contribution in [0.1, 0.15) is 38.5 Å². The smallest absolute Gasteiger partial charge is 0.243 e. The van der Waals surface area contributed by atoms with E-state index in [9.17, 15) is 8.42 Å². The van der Waals surface area contributed by atoms with Crippen molar-refractivity contribution >= 4 is 15.7 Å². The first kappa shape index (κ1) is 14.9. The zero-order valence-electron chi connectivity index (χ0n) is 12.6. The molecule has 4 nitrogen and oxygen atoms in total. The summed E-state index contributed by atoms with van der Waals surface area (Å²) in [5.74, 6) is 0.568. The molecule has 21 heavy (non-hydrogen) atoms. The van der Waals surface area contributed by atoms with Crippen LogP contribution in [0.3, 0.4) is 0 Å². The maximum absolute atomic E-state index is 12.9. The molecule has 0 spiro atoms. The van der Waals surface area contributed by atoms with Gasteiger partial charge in [-0.1, -0.05) is 12.8 Å². The van der Waals surface area contributed by atoms with E-state index in [1.54, 1.807) is 16.4 Å². The van der Waals surface area contributed by atoms with Gasteiger partial charge in [0.25, 0.3) is 0 Å². The van der Waals surface area contributed by atoms with Crippen molar-refractivity contribution in [2.75, 3.05) is 18.9 Å². The third kappa shape index (κ3) is 2.81. The molecule has 1 saturated carbocycles. The molecule has 2 aliphatic rings. The first-order chi connectivity index (χ1) is 10.1. The highest BCUT2D eigenvalue weighted by atomic mass is 32.2. The molecule has 3 rings (SSSR count). The van der Waals surface area contributed by atoms with Gasteiger partial charge in [-0.2, -0.15) is 4.31 Å². The SMILES string of the molecule is CNc1ccc(S(=O)(=O)N2CCC[C@H]3CCCC[C@H]32)cc1. The van der Waals surface area contributed by atoms with Crippen molar-refractivity contribution < 1.29 is 8.42 Å². The molecule has 2 atom stereocenters. The lowest BCUT2D eigenvalue weighted by Gasteiger charge is -2.43. The van der Waals surface area contributed by atoms with Crippen LogP contribution in [0.4, 0.5) is 5.69 Å². The lowest BCUT2D eigenvalue weighted by molar-refractivity contribution is 0.129. The third-order valence-electron chi connectivity index (χ3n) is 4.94. The van der Waals surface area contributed by atoms with Crippen molar-refractivity contribution in [2.45, 2.75) is 49.5 Å². The zero-order valence-corrected chi connectivity index (χ0v) is 13.4. The molecule has 5 heteroatoms. The second-order valence-corrected chi connectivity index (χ2v) is 8.03. The molecule has 0 aromatic heterocycles. The average Bonchev–Trinajstić information content (AvgIpc) is 2.54. The van der Waals surface area contributed by atoms with E-state index in [-0.39, 0.29) is 6.04 Å². The van der Waals surface area contributed by atoms with Crippen LogP contribution in [0.15, 0.2) is 29.2 Å². The molecule has 0 bridgehead atoms. The molecule has 1 aliphatic heterocycles. The molecule has 1 aliphatic carbocycles. The maximum atomic E-state index is 12.9. The van der Waals surface area contributed by atoms with Crippen LogP contribution in [0.5, 0.6) is 0 Å². The molecule has 1 N–H and O–H groups in total. The maximum Gasteiger partial charge on any atom is 0.243 e. The minimum atomic E-state index is -3.35. The fourth-order valence-electron chi connectivity index (χ4n) is 3.81. The van der Waals surface area contributed by atoms with Crippen LogP contribution >= 0.6 is 0 Å². The van der Waals surface area contributed by atoms with Gasteiger partial charge in [-0.3, -0.25) is 0 Å². The summed E-state index contributed by atoms with van der Waals surface area (Å²) in [4.78, 5) is 0.424. The van der Waals surface area contributed by atoms with Crippen LogP contribution in [0.25, 0.3) is 0 Å². The van der Waals surface area contributed by atoms with Gasteiger partial charge >= 0.3 is 0 Å². The summed E-state index contributed by atoms with van der Waals surface area (Å²) in [7, 11) is -1.52. The summed E-state index contributed by atoms with van der Waals surface area (Å²) >= 11 is 0. The number of anilines is 1. The number of sulfonamides is 1. The highest BCUT2D eigenvalue weighted by Gasteiger charge is 2.39. The number of fused-ring (bicyclic) bond motifs is 1. The second-order valence-electron chi connectivity index (χ2n) is 6.14. The Morgan fingerprint density at radius 3 is 2.43 bits per heavy atom. The Morgan fingerprint density at radius 1 is 1.05 bits per heavy atom. The first-order valence-electron chi connectivity index (χ1n) is 7.92. The number of hydrogen-bond donors (Lipinski definition) is 1. The van der Waals surface area contributed by atoms with E-state index in [0.29, 0.717) is 17.4 Å². The Morgan fingerprint density at radius 2 is 1.71 bits per heavy atom. The van der Waals surface area contributed by atoms with Crippen molar-refractivity contribution in [1.29, 1.82) is 0 Å². The molecule has 1 aromatic carbocycles. The number of hydrogen-bond acceptors (Lipinski definition) is 3. The molecule has 0 radical (unpaired) electrons. The van der Waals surface area contributed by atoms with E-state index in [4.69, 9.17) is 0 Å². The summed E-state index contributed by atoms with van der Waals surface area (Å²) in [6.07, 6.45) is 6.82. The largest absolute Gasteiger partial charge is 0.388 e. The molecule has 0 amide bonds. The van der Waals surface area contributed by atoms with Crippen LogP contribution in [-0.2, 0) is 10.0 Å². The quantitative estimate of drug-likeness (QED) is 0.933. The standard InChI is InChI=1S/C16H24N2O2S/c1-17-14-8-10-15(11-9-14)21(19,20)18-12-4-6-13-5-2-3-7-16(13)18/h8-11,13,16-17H,2-7,12H2,1H3/t13-,16-/m1/s1.